The molecular weight excluding hydrogens is 346 g/mol. The maximum atomic E-state index is 11.9. The molecular formula is C18H16ClNO5. The highest BCUT2D eigenvalue weighted by molar-refractivity contribution is 6.30. The Labute approximate surface area is 149 Å². The normalized spacial score (nSPS) is 10.0. The van der Waals surface area contributed by atoms with Crippen molar-refractivity contribution in [1.82, 2.24) is 5.32 Å². The molecule has 0 aromatic heterocycles. The Morgan fingerprint density at radius 3 is 2.16 bits per heavy atom. The molecule has 130 valence electrons. The van der Waals surface area contributed by atoms with Crippen molar-refractivity contribution in [3.8, 4) is 5.75 Å². The van der Waals surface area contributed by atoms with Crippen LogP contribution in [0, 0.1) is 0 Å². The molecule has 6 nitrogen and oxygen atoms in total. The minimum Gasteiger partial charge on any atom is -0.465 e. The predicted molar refractivity (Wildman–Crippen MR) is 91.8 cm³/mol. The van der Waals surface area contributed by atoms with Gasteiger partial charge in [0.25, 0.3) is 5.91 Å². The van der Waals surface area contributed by atoms with Crippen LogP contribution in [0.5, 0.6) is 5.75 Å². The van der Waals surface area contributed by atoms with Crippen molar-refractivity contribution in [2.45, 2.75) is 6.42 Å². The average molecular weight is 362 g/mol. The van der Waals surface area contributed by atoms with Crippen LogP contribution in [-0.4, -0.2) is 31.5 Å². The molecule has 0 radical (unpaired) electrons. The van der Waals surface area contributed by atoms with Crippen LogP contribution >= 0.6 is 11.6 Å². The Kier molecular flexibility index (Phi) is 6.54. The lowest BCUT2D eigenvalue weighted by atomic mass is 10.2. The minimum atomic E-state index is -0.498. The molecule has 0 heterocycles. The summed E-state index contributed by atoms with van der Waals surface area (Å²) in [5.41, 5.74) is 0.814. The topological polar surface area (TPSA) is 81.7 Å². The molecule has 1 N–H and O–H groups in total. The second-order valence-corrected chi connectivity index (χ2v) is 5.44. The third kappa shape index (κ3) is 5.61. The number of carbonyl (C=O) groups excluding carboxylic acids is 3. The molecule has 0 saturated carbocycles. The van der Waals surface area contributed by atoms with Gasteiger partial charge in [-0.15, -0.1) is 0 Å². The van der Waals surface area contributed by atoms with Crippen LogP contribution in [0.2, 0.25) is 5.02 Å². The lowest BCUT2D eigenvalue weighted by Gasteiger charge is -2.07. The number of hydrogen-bond acceptors (Lipinski definition) is 5. The molecule has 0 unspecified atom stereocenters. The van der Waals surface area contributed by atoms with E-state index >= 15 is 0 Å². The third-order valence-electron chi connectivity index (χ3n) is 3.23. The molecule has 0 fully saturated rings. The molecule has 2 aromatic carbocycles. The lowest BCUT2D eigenvalue weighted by Crippen LogP contribution is -2.27. The van der Waals surface area contributed by atoms with Crippen LogP contribution < -0.4 is 10.1 Å². The van der Waals surface area contributed by atoms with Crippen molar-refractivity contribution in [2.75, 3.05) is 13.7 Å². The molecule has 7 heteroatoms. The van der Waals surface area contributed by atoms with E-state index in [1.54, 1.807) is 24.3 Å². The molecule has 0 spiro atoms. The minimum absolute atomic E-state index is 0.0120. The summed E-state index contributed by atoms with van der Waals surface area (Å²) in [6.45, 7) is 0.139. The molecule has 0 saturated heterocycles. The van der Waals surface area contributed by atoms with Crippen LogP contribution in [0.25, 0.3) is 0 Å². The zero-order valence-electron chi connectivity index (χ0n) is 13.5. The van der Waals surface area contributed by atoms with Gasteiger partial charge in [0.15, 0.2) is 0 Å². The van der Waals surface area contributed by atoms with Crippen molar-refractivity contribution in [3.05, 3.63) is 64.7 Å². The van der Waals surface area contributed by atoms with Crippen molar-refractivity contribution < 1.29 is 23.9 Å². The standard InChI is InChI=1S/C18H16ClNO5/c1-24-18(23)13-4-8-15(9-5-13)25-16(21)10-11-20-17(22)12-2-6-14(19)7-3-12/h2-9H,10-11H2,1H3,(H,20,22). The molecule has 0 aliphatic carbocycles. The summed E-state index contributed by atoms with van der Waals surface area (Å²) < 4.78 is 9.71. The fourth-order valence-electron chi connectivity index (χ4n) is 1.94. The molecule has 0 atom stereocenters. The van der Waals surface area contributed by atoms with Crippen LogP contribution in [-0.2, 0) is 9.53 Å². The zero-order chi connectivity index (χ0) is 18.2. The van der Waals surface area contributed by atoms with E-state index in [9.17, 15) is 14.4 Å². The number of methoxy groups -OCH3 is 1. The van der Waals surface area contributed by atoms with Gasteiger partial charge in [0.2, 0.25) is 0 Å². The number of esters is 2. The fraction of sp³-hybridized carbons (Fsp3) is 0.167. The quantitative estimate of drug-likeness (QED) is 0.632. The number of hydrogen-bond donors (Lipinski definition) is 1. The lowest BCUT2D eigenvalue weighted by molar-refractivity contribution is -0.134. The SMILES string of the molecule is COC(=O)c1ccc(OC(=O)CCNC(=O)c2ccc(Cl)cc2)cc1. The van der Waals surface area contributed by atoms with E-state index in [0.717, 1.165) is 0 Å². The first-order valence-electron chi connectivity index (χ1n) is 7.42. The second kappa shape index (κ2) is 8.84. The first kappa shape index (κ1) is 18.5. The van der Waals surface area contributed by atoms with Crippen molar-refractivity contribution >= 4 is 29.4 Å². The number of ether oxygens (including phenoxy) is 2. The number of nitrogens with one attached hydrogen (secondary N) is 1. The average Bonchev–Trinajstić information content (AvgIpc) is 2.62. The van der Waals surface area contributed by atoms with Crippen molar-refractivity contribution in [1.29, 1.82) is 0 Å². The van der Waals surface area contributed by atoms with Gasteiger partial charge < -0.3 is 14.8 Å². The zero-order valence-corrected chi connectivity index (χ0v) is 14.2. The Balaban J connectivity index is 1.77. The van der Waals surface area contributed by atoms with Crippen LogP contribution in [0.4, 0.5) is 0 Å². The van der Waals surface area contributed by atoms with E-state index in [1.807, 2.05) is 0 Å². The predicted octanol–water partition coefficient (Wildman–Crippen LogP) is 2.85. The summed E-state index contributed by atoms with van der Waals surface area (Å²) in [6, 6.07) is 12.4. The Morgan fingerprint density at radius 1 is 0.960 bits per heavy atom. The Morgan fingerprint density at radius 2 is 1.56 bits per heavy atom. The monoisotopic (exact) mass is 361 g/mol. The molecule has 1 amide bonds. The van der Waals surface area contributed by atoms with E-state index in [4.69, 9.17) is 16.3 Å². The van der Waals surface area contributed by atoms with Gasteiger partial charge in [0.05, 0.1) is 19.1 Å². The Hall–Kier alpha value is -2.86. The summed E-state index contributed by atoms with van der Waals surface area (Å²) >= 11 is 5.76. The highest BCUT2D eigenvalue weighted by Crippen LogP contribution is 2.13. The number of benzene rings is 2. The maximum absolute atomic E-state index is 11.9. The summed E-state index contributed by atoms with van der Waals surface area (Å²) in [6.07, 6.45) is 0.0120. The van der Waals surface area contributed by atoms with E-state index in [0.29, 0.717) is 21.9 Å². The fourth-order valence-corrected chi connectivity index (χ4v) is 2.07. The van der Waals surface area contributed by atoms with Gasteiger partial charge >= 0.3 is 11.9 Å². The van der Waals surface area contributed by atoms with Crippen LogP contribution in [0.1, 0.15) is 27.1 Å². The largest absolute Gasteiger partial charge is 0.465 e. The molecule has 2 rings (SSSR count). The maximum Gasteiger partial charge on any atom is 0.337 e. The highest BCUT2D eigenvalue weighted by atomic mass is 35.5. The van der Waals surface area contributed by atoms with E-state index in [-0.39, 0.29) is 18.9 Å². The number of rotatable bonds is 6. The summed E-state index contributed by atoms with van der Waals surface area (Å²) in [5, 5.41) is 3.16. The molecule has 0 aliphatic heterocycles. The van der Waals surface area contributed by atoms with Crippen molar-refractivity contribution in [2.24, 2.45) is 0 Å². The summed E-state index contributed by atoms with van der Waals surface area (Å²) in [4.78, 5) is 35.0. The molecule has 0 bridgehead atoms. The number of halogens is 1. The van der Waals surface area contributed by atoms with Gasteiger partial charge in [0, 0.05) is 17.1 Å². The van der Waals surface area contributed by atoms with Gasteiger partial charge in [-0.2, -0.15) is 0 Å². The van der Waals surface area contributed by atoms with Gasteiger partial charge in [0.1, 0.15) is 5.75 Å². The summed E-state index contributed by atoms with van der Waals surface area (Å²) in [7, 11) is 1.29. The number of amides is 1. The Bertz CT molecular complexity index is 756. The molecule has 25 heavy (non-hydrogen) atoms. The second-order valence-electron chi connectivity index (χ2n) is 5.00. The van der Waals surface area contributed by atoms with Crippen LogP contribution in [0.3, 0.4) is 0 Å². The smallest absolute Gasteiger partial charge is 0.337 e. The highest BCUT2D eigenvalue weighted by Gasteiger charge is 2.09. The van der Waals surface area contributed by atoms with Crippen molar-refractivity contribution in [3.63, 3.8) is 0 Å². The van der Waals surface area contributed by atoms with Gasteiger partial charge in [-0.25, -0.2) is 4.79 Å². The van der Waals surface area contributed by atoms with E-state index < -0.39 is 11.9 Å². The van der Waals surface area contributed by atoms with E-state index in [1.165, 1.54) is 31.4 Å². The molecule has 2 aromatic rings. The van der Waals surface area contributed by atoms with Gasteiger partial charge in [-0.05, 0) is 48.5 Å². The third-order valence-corrected chi connectivity index (χ3v) is 3.48. The van der Waals surface area contributed by atoms with Crippen LogP contribution in [0.15, 0.2) is 48.5 Å². The molecule has 0 aliphatic rings. The summed E-state index contributed by atoms with van der Waals surface area (Å²) in [5.74, 6) is -0.960. The van der Waals surface area contributed by atoms with Gasteiger partial charge in [-0.3, -0.25) is 9.59 Å². The first-order chi connectivity index (χ1) is 12.0. The van der Waals surface area contributed by atoms with Gasteiger partial charge in [-0.1, -0.05) is 11.6 Å². The first-order valence-corrected chi connectivity index (χ1v) is 7.80. The van der Waals surface area contributed by atoms with E-state index in [2.05, 4.69) is 10.1 Å². The number of carbonyl (C=O) groups is 3.